The monoisotopic (exact) mass is 325 g/mol. The van der Waals surface area contributed by atoms with Gasteiger partial charge >= 0.3 is 0 Å². The van der Waals surface area contributed by atoms with Crippen LogP contribution in [-0.2, 0) is 17.9 Å². The van der Waals surface area contributed by atoms with E-state index in [0.29, 0.717) is 5.75 Å². The molecule has 1 amide bonds. The highest BCUT2D eigenvalue weighted by molar-refractivity contribution is 5.75. The van der Waals surface area contributed by atoms with Gasteiger partial charge < -0.3 is 14.6 Å². The van der Waals surface area contributed by atoms with Gasteiger partial charge in [-0.05, 0) is 18.2 Å². The van der Waals surface area contributed by atoms with Gasteiger partial charge in [0.1, 0.15) is 12.3 Å². The largest absolute Gasteiger partial charge is 0.454 e. The number of ether oxygens (including phenoxy) is 1. The first-order chi connectivity index (χ1) is 11.7. The van der Waals surface area contributed by atoms with Crippen molar-refractivity contribution < 1.29 is 13.9 Å². The van der Waals surface area contributed by atoms with E-state index in [4.69, 9.17) is 4.74 Å². The molecule has 0 aliphatic rings. The Morgan fingerprint density at radius 2 is 1.88 bits per heavy atom. The second kappa shape index (κ2) is 7.41. The summed E-state index contributed by atoms with van der Waals surface area (Å²) in [6.07, 6.45) is 4.91. The number of rotatable bonds is 6. The third-order valence-corrected chi connectivity index (χ3v) is 3.39. The quantitative estimate of drug-likeness (QED) is 0.757. The number of carbonyl (C=O) groups is 1. The molecule has 6 heteroatoms. The van der Waals surface area contributed by atoms with Crippen LogP contribution in [0, 0.1) is 5.82 Å². The summed E-state index contributed by atoms with van der Waals surface area (Å²) >= 11 is 0. The van der Waals surface area contributed by atoms with Crippen molar-refractivity contribution in [2.75, 3.05) is 0 Å². The van der Waals surface area contributed by atoms with E-state index in [9.17, 15) is 9.18 Å². The number of hydrogen-bond acceptors (Lipinski definition) is 3. The number of imidazole rings is 1. The zero-order chi connectivity index (χ0) is 16.8. The van der Waals surface area contributed by atoms with Crippen molar-refractivity contribution in [1.82, 2.24) is 14.9 Å². The molecule has 3 rings (SSSR count). The van der Waals surface area contributed by atoms with Crippen LogP contribution < -0.4 is 10.1 Å². The lowest BCUT2D eigenvalue weighted by molar-refractivity contribution is -0.121. The van der Waals surface area contributed by atoms with Crippen molar-refractivity contribution in [1.29, 1.82) is 0 Å². The maximum absolute atomic E-state index is 13.7. The molecular weight excluding hydrogens is 309 g/mol. The molecule has 0 aliphatic carbocycles. The minimum atomic E-state index is -0.434. The van der Waals surface area contributed by atoms with E-state index in [0.717, 1.165) is 5.56 Å². The second-order valence-electron chi connectivity index (χ2n) is 5.15. The molecule has 2 aromatic carbocycles. The van der Waals surface area contributed by atoms with Gasteiger partial charge in [0, 0.05) is 24.5 Å². The minimum Gasteiger partial charge on any atom is -0.454 e. The van der Waals surface area contributed by atoms with Crippen LogP contribution in [0.1, 0.15) is 5.56 Å². The van der Waals surface area contributed by atoms with E-state index >= 15 is 0 Å². The smallest absolute Gasteiger partial charge is 0.240 e. The zero-order valence-electron chi connectivity index (χ0n) is 12.9. The van der Waals surface area contributed by atoms with Crippen molar-refractivity contribution in [3.8, 4) is 11.5 Å². The lowest BCUT2D eigenvalue weighted by Gasteiger charge is -2.12. The Kier molecular flexibility index (Phi) is 4.86. The van der Waals surface area contributed by atoms with Crippen LogP contribution in [0.15, 0.2) is 67.3 Å². The second-order valence-corrected chi connectivity index (χ2v) is 5.15. The average Bonchev–Trinajstić information content (AvgIpc) is 3.09. The molecular formula is C18H16FN3O2. The maximum Gasteiger partial charge on any atom is 0.240 e. The summed E-state index contributed by atoms with van der Waals surface area (Å²) in [5.41, 5.74) is 0.764. The number of benzene rings is 2. The highest BCUT2D eigenvalue weighted by Gasteiger charge is 2.09. The average molecular weight is 325 g/mol. The van der Waals surface area contributed by atoms with Crippen molar-refractivity contribution in [3.05, 3.63) is 78.6 Å². The van der Waals surface area contributed by atoms with Gasteiger partial charge in [-0.2, -0.15) is 0 Å². The van der Waals surface area contributed by atoms with Gasteiger partial charge in [0.2, 0.25) is 5.91 Å². The minimum absolute atomic E-state index is 0.145. The van der Waals surface area contributed by atoms with Crippen molar-refractivity contribution in [2.24, 2.45) is 0 Å². The summed E-state index contributed by atoms with van der Waals surface area (Å²) < 4.78 is 21.0. The van der Waals surface area contributed by atoms with Crippen LogP contribution in [-0.4, -0.2) is 15.5 Å². The highest BCUT2D eigenvalue weighted by Crippen LogP contribution is 2.27. The third kappa shape index (κ3) is 3.98. The number of aromatic nitrogens is 2. The summed E-state index contributed by atoms with van der Waals surface area (Å²) in [6.45, 7) is 0.481. The topological polar surface area (TPSA) is 56.2 Å². The molecule has 1 aromatic heterocycles. The van der Waals surface area contributed by atoms with E-state index < -0.39 is 5.82 Å². The summed E-state index contributed by atoms with van der Waals surface area (Å²) in [7, 11) is 0. The molecule has 3 aromatic rings. The first-order valence-corrected chi connectivity index (χ1v) is 7.45. The lowest BCUT2D eigenvalue weighted by Crippen LogP contribution is -2.26. The molecule has 0 unspecified atom stereocenters. The molecule has 0 aliphatic heterocycles. The summed E-state index contributed by atoms with van der Waals surface area (Å²) in [6, 6.07) is 13.4. The first-order valence-electron chi connectivity index (χ1n) is 7.45. The van der Waals surface area contributed by atoms with Crippen LogP contribution in [0.2, 0.25) is 0 Å². The molecule has 122 valence electrons. The predicted octanol–water partition coefficient (Wildman–Crippen LogP) is 3.13. The molecule has 5 nitrogen and oxygen atoms in total. The molecule has 0 atom stereocenters. The van der Waals surface area contributed by atoms with Gasteiger partial charge in [0.05, 0.1) is 6.33 Å². The zero-order valence-corrected chi connectivity index (χ0v) is 12.9. The number of nitrogens with zero attached hydrogens (tertiary/aromatic N) is 2. The van der Waals surface area contributed by atoms with Gasteiger partial charge in [0.25, 0.3) is 0 Å². The van der Waals surface area contributed by atoms with E-state index in [2.05, 4.69) is 10.3 Å². The van der Waals surface area contributed by atoms with Crippen LogP contribution >= 0.6 is 0 Å². The number of amides is 1. The molecule has 0 saturated heterocycles. The molecule has 1 N–H and O–H groups in total. The Balaban J connectivity index is 1.66. The van der Waals surface area contributed by atoms with E-state index in [1.807, 2.05) is 12.1 Å². The number of hydrogen-bond donors (Lipinski definition) is 1. The van der Waals surface area contributed by atoms with Crippen molar-refractivity contribution in [3.63, 3.8) is 0 Å². The van der Waals surface area contributed by atoms with E-state index in [-0.39, 0.29) is 24.7 Å². The van der Waals surface area contributed by atoms with Gasteiger partial charge in [-0.25, -0.2) is 9.37 Å². The Morgan fingerprint density at radius 1 is 1.12 bits per heavy atom. The van der Waals surface area contributed by atoms with Crippen LogP contribution in [0.5, 0.6) is 11.5 Å². The normalized spacial score (nSPS) is 10.4. The fourth-order valence-corrected chi connectivity index (χ4v) is 2.19. The Hall–Kier alpha value is -3.15. The number of halogens is 1. The molecule has 24 heavy (non-hydrogen) atoms. The molecule has 0 saturated carbocycles. The molecule has 0 fully saturated rings. The predicted molar refractivity (Wildman–Crippen MR) is 87.0 cm³/mol. The molecule has 0 bridgehead atoms. The molecule has 0 spiro atoms. The third-order valence-electron chi connectivity index (χ3n) is 3.39. The number of para-hydroxylation sites is 2. The van der Waals surface area contributed by atoms with Crippen LogP contribution in [0.3, 0.4) is 0 Å². The Labute approximate surface area is 138 Å². The first kappa shape index (κ1) is 15.7. The SMILES string of the molecule is O=C(Cn1ccnc1)NCc1ccccc1Oc1ccccc1F. The van der Waals surface area contributed by atoms with E-state index in [1.165, 1.54) is 6.07 Å². The van der Waals surface area contributed by atoms with Crippen LogP contribution in [0.4, 0.5) is 4.39 Å². The lowest BCUT2D eigenvalue weighted by atomic mass is 10.2. The summed E-state index contributed by atoms with van der Waals surface area (Å²) in [5, 5.41) is 2.82. The standard InChI is InChI=1S/C18H16FN3O2/c19-15-6-2-4-8-17(15)24-16-7-3-1-5-14(16)11-21-18(23)12-22-10-9-20-13-22/h1-10,13H,11-12H2,(H,21,23). The van der Waals surface area contributed by atoms with Gasteiger partial charge in [-0.3, -0.25) is 4.79 Å². The molecule has 0 radical (unpaired) electrons. The maximum atomic E-state index is 13.7. The fraction of sp³-hybridized carbons (Fsp3) is 0.111. The highest BCUT2D eigenvalue weighted by atomic mass is 19.1. The van der Waals surface area contributed by atoms with Crippen molar-refractivity contribution in [2.45, 2.75) is 13.1 Å². The van der Waals surface area contributed by atoms with Crippen LogP contribution in [0.25, 0.3) is 0 Å². The molecule has 1 heterocycles. The fourth-order valence-electron chi connectivity index (χ4n) is 2.19. The van der Waals surface area contributed by atoms with Gasteiger partial charge in [0.15, 0.2) is 11.6 Å². The van der Waals surface area contributed by atoms with Crippen molar-refractivity contribution >= 4 is 5.91 Å². The number of nitrogens with one attached hydrogen (secondary N) is 1. The Morgan fingerprint density at radius 3 is 2.62 bits per heavy atom. The van der Waals surface area contributed by atoms with Gasteiger partial charge in [-0.15, -0.1) is 0 Å². The summed E-state index contributed by atoms with van der Waals surface area (Å²) in [4.78, 5) is 15.8. The summed E-state index contributed by atoms with van der Waals surface area (Å²) in [5.74, 6) is 0.0744. The number of carbonyl (C=O) groups excluding carboxylic acids is 1. The van der Waals surface area contributed by atoms with E-state index in [1.54, 1.807) is 53.6 Å². The van der Waals surface area contributed by atoms with Gasteiger partial charge in [-0.1, -0.05) is 30.3 Å². The Bertz CT molecular complexity index is 819.